The molecule has 2 atom stereocenters. The molecule has 4 rings (SSSR count). The normalized spacial score (nSPS) is 18.8. The van der Waals surface area contributed by atoms with Gasteiger partial charge in [-0.2, -0.15) is 5.10 Å². The van der Waals surface area contributed by atoms with Gasteiger partial charge in [0.15, 0.2) is 0 Å². The molecular formula is C21H17BrN2O2. The largest absolute Gasteiger partial charge is 0.455 e. The predicted molar refractivity (Wildman–Crippen MR) is 105 cm³/mol. The first kappa shape index (κ1) is 16.8. The van der Waals surface area contributed by atoms with Gasteiger partial charge in [-0.25, -0.2) is 5.43 Å². The number of nitrogens with one attached hydrogen (secondary N) is 1. The lowest BCUT2D eigenvalue weighted by molar-refractivity contribution is -0.122. The van der Waals surface area contributed by atoms with Gasteiger partial charge in [0.1, 0.15) is 11.5 Å². The summed E-state index contributed by atoms with van der Waals surface area (Å²) in [4.78, 5) is 12.2. The van der Waals surface area contributed by atoms with Gasteiger partial charge in [-0.05, 0) is 42.2 Å². The van der Waals surface area contributed by atoms with E-state index in [9.17, 15) is 4.79 Å². The summed E-state index contributed by atoms with van der Waals surface area (Å²) in [6.45, 7) is 0. The molecule has 1 fully saturated rings. The van der Waals surface area contributed by atoms with Crippen LogP contribution >= 0.6 is 15.9 Å². The van der Waals surface area contributed by atoms with Gasteiger partial charge in [0.25, 0.3) is 0 Å². The lowest BCUT2D eigenvalue weighted by Crippen LogP contribution is -2.20. The molecule has 0 bridgehead atoms. The zero-order valence-corrected chi connectivity index (χ0v) is 15.5. The van der Waals surface area contributed by atoms with Crippen molar-refractivity contribution < 1.29 is 9.21 Å². The molecule has 26 heavy (non-hydrogen) atoms. The van der Waals surface area contributed by atoms with Crippen LogP contribution in [0.5, 0.6) is 0 Å². The van der Waals surface area contributed by atoms with Crippen LogP contribution in [0, 0.1) is 5.92 Å². The van der Waals surface area contributed by atoms with Crippen molar-refractivity contribution in [2.75, 3.05) is 0 Å². The monoisotopic (exact) mass is 408 g/mol. The highest BCUT2D eigenvalue weighted by Crippen LogP contribution is 2.47. The fraction of sp³-hybridized carbons (Fsp3) is 0.143. The van der Waals surface area contributed by atoms with Crippen LogP contribution in [0.3, 0.4) is 0 Å². The first-order chi connectivity index (χ1) is 12.7. The van der Waals surface area contributed by atoms with E-state index in [1.807, 2.05) is 54.6 Å². The van der Waals surface area contributed by atoms with Crippen LogP contribution in [0.1, 0.15) is 23.7 Å². The summed E-state index contributed by atoms with van der Waals surface area (Å²) in [7, 11) is 0. The van der Waals surface area contributed by atoms with E-state index < -0.39 is 0 Å². The zero-order valence-electron chi connectivity index (χ0n) is 13.9. The minimum Gasteiger partial charge on any atom is -0.455 e. The third-order valence-electron chi connectivity index (χ3n) is 4.48. The van der Waals surface area contributed by atoms with Crippen molar-refractivity contribution in [3.8, 4) is 11.3 Å². The van der Waals surface area contributed by atoms with Crippen molar-refractivity contribution in [3.05, 3.63) is 82.5 Å². The molecule has 1 N–H and O–H groups in total. The fourth-order valence-electron chi connectivity index (χ4n) is 2.99. The molecule has 1 aliphatic rings. The molecule has 1 aliphatic carbocycles. The molecule has 1 heterocycles. The van der Waals surface area contributed by atoms with Gasteiger partial charge in [-0.15, -0.1) is 0 Å². The molecule has 0 aliphatic heterocycles. The van der Waals surface area contributed by atoms with E-state index in [2.05, 4.69) is 38.6 Å². The van der Waals surface area contributed by atoms with Crippen molar-refractivity contribution in [3.63, 3.8) is 0 Å². The number of carbonyl (C=O) groups excluding carboxylic acids is 1. The number of hydrogen-bond donors (Lipinski definition) is 1. The number of benzene rings is 2. The van der Waals surface area contributed by atoms with Gasteiger partial charge in [0.05, 0.1) is 6.21 Å². The second kappa shape index (κ2) is 7.30. The summed E-state index contributed by atoms with van der Waals surface area (Å²) in [6.07, 6.45) is 2.40. The van der Waals surface area contributed by atoms with Gasteiger partial charge >= 0.3 is 0 Å². The first-order valence-corrected chi connectivity index (χ1v) is 9.23. The number of hydrazone groups is 1. The highest BCUT2D eigenvalue weighted by molar-refractivity contribution is 9.10. The van der Waals surface area contributed by atoms with Crippen LogP contribution in [0.2, 0.25) is 0 Å². The Hall–Kier alpha value is -2.66. The Morgan fingerprint density at radius 1 is 1.08 bits per heavy atom. The smallest absolute Gasteiger partial charge is 0.243 e. The number of hydrogen-bond acceptors (Lipinski definition) is 3. The summed E-state index contributed by atoms with van der Waals surface area (Å²) in [5, 5.41) is 4.03. The van der Waals surface area contributed by atoms with Crippen LogP contribution in [-0.2, 0) is 4.79 Å². The number of amides is 1. The Morgan fingerprint density at radius 2 is 1.85 bits per heavy atom. The predicted octanol–water partition coefficient (Wildman–Crippen LogP) is 4.96. The Kier molecular flexibility index (Phi) is 4.71. The molecule has 1 saturated carbocycles. The second-order valence-electron chi connectivity index (χ2n) is 6.30. The maximum absolute atomic E-state index is 12.2. The number of halogens is 1. The molecule has 0 saturated heterocycles. The van der Waals surface area contributed by atoms with Gasteiger partial charge in [0, 0.05) is 16.0 Å². The molecule has 4 nitrogen and oxygen atoms in total. The molecule has 0 unspecified atom stereocenters. The van der Waals surface area contributed by atoms with Crippen molar-refractivity contribution in [2.45, 2.75) is 12.3 Å². The number of nitrogens with zero attached hydrogens (tertiary/aromatic N) is 1. The Labute approximate surface area is 160 Å². The zero-order chi connectivity index (χ0) is 17.9. The van der Waals surface area contributed by atoms with Crippen LogP contribution in [0.15, 0.2) is 80.7 Å². The third kappa shape index (κ3) is 3.78. The number of rotatable bonds is 5. The molecule has 2 aromatic carbocycles. The minimum absolute atomic E-state index is 0.00415. The molecule has 0 radical (unpaired) electrons. The van der Waals surface area contributed by atoms with Crippen molar-refractivity contribution in [2.24, 2.45) is 11.0 Å². The average molecular weight is 409 g/mol. The van der Waals surface area contributed by atoms with E-state index in [0.29, 0.717) is 11.7 Å². The lowest BCUT2D eigenvalue weighted by atomic mass is 10.1. The van der Waals surface area contributed by atoms with E-state index in [1.165, 1.54) is 11.8 Å². The van der Waals surface area contributed by atoms with Crippen molar-refractivity contribution in [1.82, 2.24) is 5.43 Å². The SMILES string of the molecule is O=C(NN=Cc1ccc(-c2ccc(Br)cc2)o1)[C@H]1C[C@H]1c1ccccc1. The third-order valence-corrected chi connectivity index (χ3v) is 5.01. The summed E-state index contributed by atoms with van der Waals surface area (Å²) >= 11 is 3.41. The molecule has 1 aromatic heterocycles. The van der Waals surface area contributed by atoms with E-state index in [-0.39, 0.29) is 11.8 Å². The topological polar surface area (TPSA) is 54.6 Å². The van der Waals surface area contributed by atoms with Crippen LogP contribution < -0.4 is 5.43 Å². The summed E-state index contributed by atoms with van der Waals surface area (Å²) in [5.74, 6) is 1.62. The lowest BCUT2D eigenvalue weighted by Gasteiger charge is -1.99. The molecule has 3 aromatic rings. The average Bonchev–Trinajstić information content (AvgIpc) is 3.34. The maximum Gasteiger partial charge on any atom is 0.243 e. The molecule has 0 spiro atoms. The van der Waals surface area contributed by atoms with Gasteiger partial charge in [-0.3, -0.25) is 4.79 Å². The molecular weight excluding hydrogens is 392 g/mol. The first-order valence-electron chi connectivity index (χ1n) is 8.44. The van der Waals surface area contributed by atoms with Crippen LogP contribution in [0.4, 0.5) is 0 Å². The highest BCUT2D eigenvalue weighted by Gasteiger charge is 2.43. The maximum atomic E-state index is 12.2. The van der Waals surface area contributed by atoms with E-state index >= 15 is 0 Å². The summed E-state index contributed by atoms with van der Waals surface area (Å²) < 4.78 is 6.76. The highest BCUT2D eigenvalue weighted by atomic mass is 79.9. The van der Waals surface area contributed by atoms with Crippen LogP contribution in [-0.4, -0.2) is 12.1 Å². The fourth-order valence-corrected chi connectivity index (χ4v) is 3.25. The quantitative estimate of drug-likeness (QED) is 0.478. The Bertz CT molecular complexity index is 932. The minimum atomic E-state index is -0.0465. The standard InChI is InChI=1S/C21H17BrN2O2/c22-16-8-6-15(7-9-16)20-11-10-17(26-20)13-23-24-21(25)19-12-18(19)14-4-2-1-3-5-14/h1-11,13,18-19H,12H2,(H,24,25)/t18-,19-/m0/s1. The Balaban J connectivity index is 1.33. The molecule has 5 heteroatoms. The van der Waals surface area contributed by atoms with E-state index in [4.69, 9.17) is 4.42 Å². The summed E-state index contributed by atoms with van der Waals surface area (Å²) in [5.41, 5.74) is 4.81. The van der Waals surface area contributed by atoms with E-state index in [0.717, 1.165) is 22.2 Å². The molecule has 1 amide bonds. The molecule has 130 valence electrons. The van der Waals surface area contributed by atoms with Crippen molar-refractivity contribution in [1.29, 1.82) is 0 Å². The summed E-state index contributed by atoms with van der Waals surface area (Å²) in [6, 6.07) is 21.7. The van der Waals surface area contributed by atoms with Gasteiger partial charge < -0.3 is 4.42 Å². The van der Waals surface area contributed by atoms with Gasteiger partial charge in [0.2, 0.25) is 5.91 Å². The van der Waals surface area contributed by atoms with Crippen LogP contribution in [0.25, 0.3) is 11.3 Å². The Morgan fingerprint density at radius 3 is 2.62 bits per heavy atom. The van der Waals surface area contributed by atoms with E-state index in [1.54, 1.807) is 0 Å². The second-order valence-corrected chi connectivity index (χ2v) is 7.22. The number of furan rings is 1. The number of carbonyl (C=O) groups is 1. The van der Waals surface area contributed by atoms with Gasteiger partial charge in [-0.1, -0.05) is 58.4 Å². The van der Waals surface area contributed by atoms with Crippen molar-refractivity contribution >= 4 is 28.1 Å².